The van der Waals surface area contributed by atoms with E-state index in [1.165, 1.54) is 0 Å². The summed E-state index contributed by atoms with van der Waals surface area (Å²) in [5, 5.41) is 6.26. The Balaban J connectivity index is 2.40. The Hall–Kier alpha value is -1.35. The summed E-state index contributed by atoms with van der Waals surface area (Å²) in [6.07, 6.45) is 0.514. The van der Waals surface area contributed by atoms with Crippen LogP contribution in [-0.4, -0.2) is 19.0 Å². The second-order valence-electron chi connectivity index (χ2n) is 5.16. The molecule has 1 aromatic carbocycles. The zero-order chi connectivity index (χ0) is 13.5. The van der Waals surface area contributed by atoms with Crippen molar-refractivity contribution in [2.24, 2.45) is 5.92 Å². The molecular weight excluding hydrogens is 224 g/mol. The summed E-state index contributed by atoms with van der Waals surface area (Å²) in [6.45, 7) is 10.0. The molecule has 3 nitrogen and oxygen atoms in total. The number of nitrogens with one attached hydrogen (secondary N) is 2. The third-order valence-corrected chi connectivity index (χ3v) is 2.83. The fraction of sp³-hybridized carbons (Fsp3) is 0.533. The molecular formula is C15H24N2O. The predicted molar refractivity (Wildman–Crippen MR) is 76.9 cm³/mol. The van der Waals surface area contributed by atoms with Gasteiger partial charge in [0.25, 0.3) is 0 Å². The van der Waals surface area contributed by atoms with Crippen molar-refractivity contribution in [2.75, 3.05) is 18.4 Å². The average molecular weight is 248 g/mol. The summed E-state index contributed by atoms with van der Waals surface area (Å²) in [4.78, 5) is 11.8. The number of benzene rings is 1. The Morgan fingerprint density at radius 1 is 1.22 bits per heavy atom. The number of hydrogen-bond donors (Lipinski definition) is 2. The summed E-state index contributed by atoms with van der Waals surface area (Å²) in [5.74, 6) is 0.690. The van der Waals surface area contributed by atoms with Crippen LogP contribution in [0.5, 0.6) is 0 Å². The molecule has 3 heteroatoms. The summed E-state index contributed by atoms with van der Waals surface area (Å²) in [6, 6.07) is 6.03. The van der Waals surface area contributed by atoms with Gasteiger partial charge in [0, 0.05) is 18.7 Å². The van der Waals surface area contributed by atoms with Gasteiger partial charge in [0.2, 0.25) is 5.91 Å². The van der Waals surface area contributed by atoms with Gasteiger partial charge in [-0.2, -0.15) is 0 Å². The van der Waals surface area contributed by atoms with Crippen molar-refractivity contribution in [1.29, 1.82) is 0 Å². The molecule has 1 amide bonds. The fourth-order valence-electron chi connectivity index (χ4n) is 1.81. The van der Waals surface area contributed by atoms with Crippen LogP contribution in [0.3, 0.4) is 0 Å². The van der Waals surface area contributed by atoms with Gasteiger partial charge in [0.05, 0.1) is 0 Å². The van der Waals surface area contributed by atoms with Crippen molar-refractivity contribution in [3.8, 4) is 0 Å². The second kappa shape index (κ2) is 7.17. The lowest BCUT2D eigenvalue weighted by Crippen LogP contribution is -2.25. The predicted octanol–water partition coefficient (Wildman–Crippen LogP) is 2.88. The van der Waals surface area contributed by atoms with Crippen LogP contribution in [0.1, 0.15) is 31.4 Å². The van der Waals surface area contributed by atoms with E-state index >= 15 is 0 Å². The second-order valence-corrected chi connectivity index (χ2v) is 5.16. The van der Waals surface area contributed by atoms with Crippen molar-refractivity contribution in [1.82, 2.24) is 5.32 Å². The van der Waals surface area contributed by atoms with E-state index in [4.69, 9.17) is 0 Å². The number of para-hydroxylation sites is 1. The van der Waals surface area contributed by atoms with E-state index in [-0.39, 0.29) is 5.91 Å². The standard InChI is InChI=1S/C15H24N2O/c1-11(2)10-16-9-8-14(18)17-15-12(3)6-5-7-13(15)4/h5-7,11,16H,8-10H2,1-4H3,(H,17,18). The lowest BCUT2D eigenvalue weighted by molar-refractivity contribution is -0.116. The summed E-state index contributed by atoms with van der Waals surface area (Å²) in [7, 11) is 0. The number of amides is 1. The van der Waals surface area contributed by atoms with Gasteiger partial charge in [-0.3, -0.25) is 4.79 Å². The van der Waals surface area contributed by atoms with Crippen LogP contribution in [0.15, 0.2) is 18.2 Å². The largest absolute Gasteiger partial charge is 0.326 e. The maximum atomic E-state index is 11.8. The molecule has 0 saturated heterocycles. The van der Waals surface area contributed by atoms with Crippen molar-refractivity contribution < 1.29 is 4.79 Å². The van der Waals surface area contributed by atoms with Crippen molar-refractivity contribution >= 4 is 11.6 Å². The van der Waals surface area contributed by atoms with Crippen LogP contribution < -0.4 is 10.6 Å². The van der Waals surface area contributed by atoms with Crippen LogP contribution in [0.4, 0.5) is 5.69 Å². The first-order chi connectivity index (χ1) is 8.50. The minimum absolute atomic E-state index is 0.0728. The highest BCUT2D eigenvalue weighted by Crippen LogP contribution is 2.19. The maximum absolute atomic E-state index is 11.8. The number of carbonyl (C=O) groups excluding carboxylic acids is 1. The molecule has 0 saturated carbocycles. The normalized spacial score (nSPS) is 10.7. The van der Waals surface area contributed by atoms with E-state index in [1.807, 2.05) is 32.0 Å². The molecule has 0 aliphatic rings. The molecule has 1 aromatic rings. The molecule has 0 heterocycles. The molecule has 0 bridgehead atoms. The Bertz CT molecular complexity index is 379. The van der Waals surface area contributed by atoms with E-state index in [2.05, 4.69) is 24.5 Å². The molecule has 2 N–H and O–H groups in total. The Morgan fingerprint density at radius 2 is 1.83 bits per heavy atom. The van der Waals surface area contributed by atoms with Crippen LogP contribution in [0.25, 0.3) is 0 Å². The minimum Gasteiger partial charge on any atom is -0.326 e. The molecule has 0 radical (unpaired) electrons. The number of carbonyl (C=O) groups is 1. The van der Waals surface area contributed by atoms with Gasteiger partial charge in [-0.1, -0.05) is 32.0 Å². The third kappa shape index (κ3) is 4.88. The first-order valence-corrected chi connectivity index (χ1v) is 6.57. The van der Waals surface area contributed by atoms with Crippen LogP contribution in [0, 0.1) is 19.8 Å². The lowest BCUT2D eigenvalue weighted by Gasteiger charge is -2.12. The first-order valence-electron chi connectivity index (χ1n) is 6.57. The number of hydrogen-bond acceptors (Lipinski definition) is 2. The molecule has 0 aliphatic carbocycles. The van der Waals surface area contributed by atoms with Crippen molar-refractivity contribution in [3.05, 3.63) is 29.3 Å². The van der Waals surface area contributed by atoms with E-state index < -0.39 is 0 Å². The summed E-state index contributed by atoms with van der Waals surface area (Å²) in [5.41, 5.74) is 3.17. The molecule has 18 heavy (non-hydrogen) atoms. The Kier molecular flexibility index (Phi) is 5.86. The van der Waals surface area contributed by atoms with Crippen LogP contribution in [-0.2, 0) is 4.79 Å². The third-order valence-electron chi connectivity index (χ3n) is 2.83. The molecule has 0 unspecified atom stereocenters. The van der Waals surface area contributed by atoms with Gasteiger partial charge in [-0.15, -0.1) is 0 Å². The highest BCUT2D eigenvalue weighted by Gasteiger charge is 2.06. The first kappa shape index (κ1) is 14.7. The molecule has 0 fully saturated rings. The van der Waals surface area contributed by atoms with Crippen molar-refractivity contribution in [2.45, 2.75) is 34.1 Å². The van der Waals surface area contributed by atoms with Gasteiger partial charge in [-0.25, -0.2) is 0 Å². The summed E-state index contributed by atoms with van der Waals surface area (Å²) >= 11 is 0. The molecule has 0 spiro atoms. The van der Waals surface area contributed by atoms with E-state index in [0.29, 0.717) is 12.3 Å². The number of aryl methyl sites for hydroxylation is 2. The zero-order valence-electron chi connectivity index (χ0n) is 11.8. The molecule has 0 aliphatic heterocycles. The smallest absolute Gasteiger partial charge is 0.225 e. The summed E-state index contributed by atoms with van der Waals surface area (Å²) < 4.78 is 0. The Labute approximate surface area is 110 Å². The van der Waals surface area contributed by atoms with E-state index in [0.717, 1.165) is 29.9 Å². The minimum atomic E-state index is 0.0728. The fourth-order valence-corrected chi connectivity index (χ4v) is 1.81. The van der Waals surface area contributed by atoms with Gasteiger partial charge in [-0.05, 0) is 37.4 Å². The SMILES string of the molecule is Cc1cccc(C)c1NC(=O)CCNCC(C)C. The van der Waals surface area contributed by atoms with Crippen molar-refractivity contribution in [3.63, 3.8) is 0 Å². The number of anilines is 1. The highest BCUT2D eigenvalue weighted by molar-refractivity contribution is 5.92. The maximum Gasteiger partial charge on any atom is 0.225 e. The zero-order valence-corrected chi connectivity index (χ0v) is 11.8. The number of rotatable bonds is 6. The topological polar surface area (TPSA) is 41.1 Å². The molecule has 0 atom stereocenters. The Morgan fingerprint density at radius 3 is 2.39 bits per heavy atom. The average Bonchev–Trinajstić information content (AvgIpc) is 2.29. The lowest BCUT2D eigenvalue weighted by atomic mass is 10.1. The van der Waals surface area contributed by atoms with Gasteiger partial charge >= 0.3 is 0 Å². The van der Waals surface area contributed by atoms with E-state index in [1.54, 1.807) is 0 Å². The molecule has 0 aromatic heterocycles. The quantitative estimate of drug-likeness (QED) is 0.760. The van der Waals surface area contributed by atoms with Gasteiger partial charge in [0.15, 0.2) is 0 Å². The molecule has 1 rings (SSSR count). The highest BCUT2D eigenvalue weighted by atomic mass is 16.1. The van der Waals surface area contributed by atoms with Gasteiger partial charge < -0.3 is 10.6 Å². The van der Waals surface area contributed by atoms with E-state index in [9.17, 15) is 4.79 Å². The molecule has 100 valence electrons. The van der Waals surface area contributed by atoms with Crippen LogP contribution >= 0.6 is 0 Å². The van der Waals surface area contributed by atoms with Crippen LogP contribution in [0.2, 0.25) is 0 Å². The monoisotopic (exact) mass is 248 g/mol. The van der Waals surface area contributed by atoms with Gasteiger partial charge in [0.1, 0.15) is 0 Å².